The van der Waals surface area contributed by atoms with E-state index in [1.54, 1.807) is 0 Å². The summed E-state index contributed by atoms with van der Waals surface area (Å²) in [4.78, 5) is 42.9. The van der Waals surface area contributed by atoms with Crippen LogP contribution in [0.5, 0.6) is 0 Å². The Hall–Kier alpha value is 1.16. The fraction of sp³-hybridized carbons (Fsp3) is 0. The number of rotatable bonds is 0. The van der Waals surface area contributed by atoms with Gasteiger partial charge in [-0.1, -0.05) is 0 Å². The predicted molar refractivity (Wildman–Crippen MR) is 52.5 cm³/mol. The average Bonchev–Trinajstić information content (AvgIpc) is 1.54. The second-order valence-corrected chi connectivity index (χ2v) is 2.54. The summed E-state index contributed by atoms with van der Waals surface area (Å²) in [5.74, 6) is 0. The molecule has 0 bridgehead atoms. The van der Waals surface area contributed by atoms with Gasteiger partial charge in [-0.25, -0.2) is 0 Å². The van der Waals surface area contributed by atoms with Crippen molar-refractivity contribution in [2.75, 3.05) is 0 Å². The molecule has 96 valence electrons. The second-order valence-electron chi connectivity index (χ2n) is 0.848. The van der Waals surface area contributed by atoms with Crippen molar-refractivity contribution in [2.24, 2.45) is 0 Å². The van der Waals surface area contributed by atoms with Crippen LogP contribution in [0.2, 0.25) is 0 Å². The molecule has 0 aliphatic carbocycles. The summed E-state index contributed by atoms with van der Waals surface area (Å²) < 4.78 is 26.2. The SMILES string of the molecule is O=[Si](O)O.O=[Si](O)O.O=[Si](O)O.[AlH3].[AlH3].[Er]. The third-order valence-corrected chi connectivity index (χ3v) is 0. The van der Waals surface area contributed by atoms with Crippen LogP contribution in [-0.4, -0.2) is 91.0 Å². The zero-order valence-corrected chi connectivity index (χ0v) is 10.5. The molecule has 0 aromatic heterocycles. The van der Waals surface area contributed by atoms with Gasteiger partial charge in [0.15, 0.2) is 34.7 Å². The van der Waals surface area contributed by atoms with Gasteiger partial charge in [-0.2, -0.15) is 0 Å². The maximum Gasteiger partial charge on any atom is 0.761 e. The Morgan fingerprint density at radius 2 is 0.533 bits per heavy atom. The van der Waals surface area contributed by atoms with Gasteiger partial charge in [0.1, 0.15) is 0 Å². The molecule has 0 atom stereocenters. The van der Waals surface area contributed by atoms with Crippen LogP contribution < -0.4 is 0 Å². The average molecular weight is 462 g/mol. The minimum Gasteiger partial charge on any atom is -0.511 e. The van der Waals surface area contributed by atoms with Crippen LogP contribution in [0.4, 0.5) is 0 Å². The molecule has 0 rings (SSSR count). The van der Waals surface area contributed by atoms with Crippen LogP contribution in [0.1, 0.15) is 0 Å². The first-order valence-electron chi connectivity index (χ1n) is 1.95. The zero-order chi connectivity index (χ0) is 10.7. The van der Waals surface area contributed by atoms with Gasteiger partial charge >= 0.3 is 27.5 Å². The fourth-order valence-corrected chi connectivity index (χ4v) is 0. The minimum atomic E-state index is -3.13. The van der Waals surface area contributed by atoms with Gasteiger partial charge in [0, 0.05) is 37.3 Å². The van der Waals surface area contributed by atoms with E-state index in [4.69, 9.17) is 42.2 Å². The summed E-state index contributed by atoms with van der Waals surface area (Å²) in [7, 11) is -9.39. The van der Waals surface area contributed by atoms with Crippen LogP contribution in [0.25, 0.3) is 0 Å². The molecular weight excluding hydrogens is 449 g/mol. The van der Waals surface area contributed by atoms with Crippen molar-refractivity contribution in [2.45, 2.75) is 0 Å². The molecule has 0 aromatic carbocycles. The van der Waals surface area contributed by atoms with Crippen molar-refractivity contribution in [3.05, 3.63) is 0 Å². The summed E-state index contributed by atoms with van der Waals surface area (Å²) in [6, 6.07) is 0. The van der Waals surface area contributed by atoms with Gasteiger partial charge < -0.3 is 28.8 Å². The Kier molecular flexibility index (Phi) is 70.6. The third kappa shape index (κ3) is 1940. The Bertz CT molecular complexity index is 121. The van der Waals surface area contributed by atoms with Crippen LogP contribution in [0.15, 0.2) is 0 Å². The molecular formula is H12Al2ErO9Si3. The normalized spacial score (nSPS) is 4.80. The van der Waals surface area contributed by atoms with Crippen molar-refractivity contribution >= 4 is 62.2 Å². The van der Waals surface area contributed by atoms with Crippen LogP contribution >= 0.6 is 0 Å². The quantitative estimate of drug-likeness (QED) is 0.192. The monoisotopic (exact) mass is 460 g/mol. The summed E-state index contributed by atoms with van der Waals surface area (Å²) in [5, 5.41) is 0. The smallest absolute Gasteiger partial charge is 0.511 e. The topological polar surface area (TPSA) is 173 Å². The van der Waals surface area contributed by atoms with Crippen molar-refractivity contribution in [1.82, 2.24) is 0 Å². The Balaban J connectivity index is -0.0000000184. The van der Waals surface area contributed by atoms with Gasteiger partial charge in [0.05, 0.1) is 0 Å². The summed E-state index contributed by atoms with van der Waals surface area (Å²) in [6.07, 6.45) is 0. The Morgan fingerprint density at radius 1 is 0.533 bits per heavy atom. The van der Waals surface area contributed by atoms with Crippen molar-refractivity contribution in [3.8, 4) is 0 Å². The van der Waals surface area contributed by atoms with Gasteiger partial charge in [0.2, 0.25) is 0 Å². The molecule has 0 fully saturated rings. The molecule has 0 unspecified atom stereocenters. The Morgan fingerprint density at radius 3 is 0.533 bits per heavy atom. The summed E-state index contributed by atoms with van der Waals surface area (Å²) in [5.41, 5.74) is 0. The fourth-order valence-electron chi connectivity index (χ4n) is 0. The second kappa shape index (κ2) is 29.4. The molecule has 0 aromatic rings. The first-order valence-corrected chi connectivity index (χ1v) is 5.86. The van der Waals surface area contributed by atoms with Crippen molar-refractivity contribution < 1.29 is 79.5 Å². The van der Waals surface area contributed by atoms with E-state index in [-0.39, 0.29) is 72.0 Å². The molecule has 0 aliphatic heterocycles. The molecule has 9 nitrogen and oxygen atoms in total. The van der Waals surface area contributed by atoms with E-state index in [1.807, 2.05) is 0 Å². The molecule has 0 spiro atoms. The first kappa shape index (κ1) is 36.0. The molecule has 0 heterocycles. The summed E-state index contributed by atoms with van der Waals surface area (Å²) >= 11 is 0. The van der Waals surface area contributed by atoms with Crippen LogP contribution in [0, 0.1) is 37.3 Å². The van der Waals surface area contributed by atoms with Crippen molar-refractivity contribution in [3.63, 3.8) is 0 Å². The van der Waals surface area contributed by atoms with Crippen LogP contribution in [-0.2, 0) is 13.4 Å². The van der Waals surface area contributed by atoms with E-state index in [1.165, 1.54) is 0 Å². The molecule has 15 heteroatoms. The maximum atomic E-state index is 8.74. The molecule has 6 N–H and O–H groups in total. The maximum absolute atomic E-state index is 8.74. The van der Waals surface area contributed by atoms with Gasteiger partial charge in [-0.3, -0.25) is 13.4 Å². The third-order valence-electron chi connectivity index (χ3n) is 0. The molecule has 0 amide bonds. The molecule has 0 aliphatic rings. The number of hydrogen-bond donors (Lipinski definition) is 6. The van der Waals surface area contributed by atoms with E-state index in [0.717, 1.165) is 0 Å². The largest absolute Gasteiger partial charge is 0.761 e. The van der Waals surface area contributed by atoms with E-state index >= 15 is 0 Å². The standard InChI is InChI=1S/2Al.Er.3H2O3Si.6H/c;;;3*1-4(2)3;;;;;;/h;;;3*1-2H;;;;;;. The molecule has 15 heavy (non-hydrogen) atoms. The molecule has 0 radical (unpaired) electrons. The molecule has 0 saturated carbocycles. The van der Waals surface area contributed by atoms with Gasteiger partial charge in [-0.15, -0.1) is 0 Å². The van der Waals surface area contributed by atoms with Crippen LogP contribution in [0.3, 0.4) is 0 Å². The van der Waals surface area contributed by atoms with Gasteiger partial charge in [-0.05, 0) is 0 Å². The zero-order valence-electron chi connectivity index (χ0n) is 5.70. The Labute approximate surface area is 140 Å². The predicted octanol–water partition coefficient (Wildman–Crippen LogP) is -7.21. The minimum absolute atomic E-state index is 0. The van der Waals surface area contributed by atoms with E-state index in [0.29, 0.717) is 0 Å². The number of hydrogen-bond acceptors (Lipinski definition) is 3. The van der Waals surface area contributed by atoms with Crippen molar-refractivity contribution in [1.29, 1.82) is 0 Å². The van der Waals surface area contributed by atoms with E-state index in [9.17, 15) is 0 Å². The van der Waals surface area contributed by atoms with Gasteiger partial charge in [0.25, 0.3) is 0 Å². The molecule has 0 saturated heterocycles. The summed E-state index contributed by atoms with van der Waals surface area (Å²) in [6.45, 7) is 0. The van der Waals surface area contributed by atoms with E-state index < -0.39 is 27.5 Å². The first-order chi connectivity index (χ1) is 5.20. The van der Waals surface area contributed by atoms with E-state index in [2.05, 4.69) is 0 Å².